The zero-order chi connectivity index (χ0) is 21.9. The van der Waals surface area contributed by atoms with Gasteiger partial charge in [0.25, 0.3) is 0 Å². The third-order valence-corrected chi connectivity index (χ3v) is 4.98. The fourth-order valence-corrected chi connectivity index (χ4v) is 2.95. The molecule has 158 valence electrons. The summed E-state index contributed by atoms with van der Waals surface area (Å²) in [5.41, 5.74) is -1.76. The first-order valence-electron chi connectivity index (χ1n) is 8.51. The molecule has 0 aliphatic carbocycles. The Labute approximate surface area is 166 Å². The minimum atomic E-state index is -2.99. The number of carbonyl (C=O) groups excluding carboxylic acids is 2. The number of amides is 2. The molecular weight excluding hydrogens is 386 g/mol. The van der Waals surface area contributed by atoms with Crippen molar-refractivity contribution in [3.05, 3.63) is 12.3 Å². The van der Waals surface area contributed by atoms with Gasteiger partial charge >= 0.3 is 12.2 Å². The monoisotopic (exact) mass is 415 g/mol. The molecule has 0 aliphatic rings. The van der Waals surface area contributed by atoms with Gasteiger partial charge in [-0.15, -0.1) is 0 Å². The van der Waals surface area contributed by atoms with Gasteiger partial charge in [-0.05, 0) is 41.5 Å². The van der Waals surface area contributed by atoms with Crippen LogP contribution in [-0.2, 0) is 19.2 Å². The maximum atomic E-state index is 13.0. The lowest BCUT2D eigenvalue weighted by Gasteiger charge is -2.29. The molecule has 0 saturated carbocycles. The second kappa shape index (κ2) is 8.34. The van der Waals surface area contributed by atoms with Gasteiger partial charge in [0.2, 0.25) is 0 Å². The first-order chi connectivity index (χ1) is 12.6. The van der Waals surface area contributed by atoms with Gasteiger partial charge in [-0.1, -0.05) is 0 Å². The van der Waals surface area contributed by atoms with E-state index in [1.807, 2.05) is 0 Å². The van der Waals surface area contributed by atoms with Crippen LogP contribution in [0.3, 0.4) is 0 Å². The molecule has 0 bridgehead atoms. The molecule has 9 nitrogen and oxygen atoms in total. The molecule has 0 spiro atoms. The SMILES string of the molecule is CN=S(C)(=O)c1cc(OC)cnc1N(C(=O)OC(C)(C)C)C(=O)OC(C)(C)C. The second-order valence-electron chi connectivity index (χ2n) is 7.98. The predicted molar refractivity (Wildman–Crippen MR) is 106 cm³/mol. The van der Waals surface area contributed by atoms with Gasteiger partial charge in [0.15, 0.2) is 5.82 Å². The van der Waals surface area contributed by atoms with Gasteiger partial charge in [0.05, 0.1) is 27.9 Å². The Morgan fingerprint density at radius 2 is 1.54 bits per heavy atom. The Bertz CT molecular complexity index is 833. The highest BCUT2D eigenvalue weighted by atomic mass is 32.2. The number of hydrogen-bond acceptors (Lipinski definition) is 8. The second-order valence-corrected chi connectivity index (χ2v) is 10.4. The smallest absolute Gasteiger partial charge is 0.425 e. The van der Waals surface area contributed by atoms with Crippen molar-refractivity contribution in [1.29, 1.82) is 0 Å². The number of hydrogen-bond donors (Lipinski definition) is 0. The molecule has 1 atom stereocenters. The molecule has 0 aliphatic heterocycles. The standard InChI is InChI=1S/C18H29N3O6S/c1-17(2,3)26-15(22)21(16(23)27-18(4,5)6)14-13(28(9,24)19-7)10-12(25-8)11-20-14/h10-11H,1-9H3. The van der Waals surface area contributed by atoms with Crippen LogP contribution in [-0.4, -0.2) is 53.0 Å². The lowest BCUT2D eigenvalue weighted by molar-refractivity contribution is 0.0428. The van der Waals surface area contributed by atoms with Gasteiger partial charge < -0.3 is 14.2 Å². The molecule has 0 N–H and O–H groups in total. The van der Waals surface area contributed by atoms with E-state index in [0.717, 1.165) is 0 Å². The molecule has 0 saturated heterocycles. The van der Waals surface area contributed by atoms with E-state index < -0.39 is 33.1 Å². The van der Waals surface area contributed by atoms with Crippen LogP contribution in [0.1, 0.15) is 41.5 Å². The van der Waals surface area contributed by atoms with Crippen molar-refractivity contribution >= 4 is 27.7 Å². The summed E-state index contributed by atoms with van der Waals surface area (Å²) in [7, 11) is -0.197. The number of imide groups is 1. The molecule has 1 unspecified atom stereocenters. The Kier molecular flexibility index (Phi) is 7.05. The number of rotatable bonds is 3. The van der Waals surface area contributed by atoms with E-state index in [4.69, 9.17) is 14.2 Å². The Morgan fingerprint density at radius 1 is 1.07 bits per heavy atom. The van der Waals surface area contributed by atoms with Crippen LogP contribution in [0.15, 0.2) is 21.5 Å². The van der Waals surface area contributed by atoms with Crippen molar-refractivity contribution in [1.82, 2.24) is 4.98 Å². The number of nitrogens with zero attached hydrogens (tertiary/aromatic N) is 3. The van der Waals surface area contributed by atoms with Crippen LogP contribution >= 0.6 is 0 Å². The van der Waals surface area contributed by atoms with Gasteiger partial charge in [0.1, 0.15) is 17.0 Å². The maximum absolute atomic E-state index is 13.0. The van der Waals surface area contributed by atoms with Crippen molar-refractivity contribution in [3.63, 3.8) is 0 Å². The van der Waals surface area contributed by atoms with Crippen LogP contribution in [0, 0.1) is 0 Å². The average Bonchev–Trinajstić information content (AvgIpc) is 2.51. The summed E-state index contributed by atoms with van der Waals surface area (Å²) in [6.45, 7) is 9.95. The summed E-state index contributed by atoms with van der Waals surface area (Å²) < 4.78 is 32.7. The first kappa shape index (κ1) is 23.7. The summed E-state index contributed by atoms with van der Waals surface area (Å²) in [4.78, 5) is 30.4. The van der Waals surface area contributed by atoms with E-state index >= 15 is 0 Å². The molecule has 0 fully saturated rings. The van der Waals surface area contributed by atoms with Crippen LogP contribution in [0.2, 0.25) is 0 Å². The molecule has 1 heterocycles. The summed E-state index contributed by atoms with van der Waals surface area (Å²) in [6.07, 6.45) is 0.653. The minimum Gasteiger partial charge on any atom is -0.495 e. The lowest BCUT2D eigenvalue weighted by Crippen LogP contribution is -2.44. The van der Waals surface area contributed by atoms with E-state index in [2.05, 4.69) is 9.35 Å². The van der Waals surface area contributed by atoms with Crippen molar-refractivity contribution in [3.8, 4) is 5.75 Å². The molecular formula is C18H29N3O6S. The molecule has 0 aromatic carbocycles. The summed E-state index contributed by atoms with van der Waals surface area (Å²) in [6, 6.07) is 1.42. The number of ether oxygens (including phenoxy) is 3. The quantitative estimate of drug-likeness (QED) is 0.738. The number of anilines is 1. The highest BCUT2D eigenvalue weighted by Gasteiger charge is 2.36. The third-order valence-electron chi connectivity index (χ3n) is 3.16. The number of pyridine rings is 1. The number of carbonyl (C=O) groups is 2. The highest BCUT2D eigenvalue weighted by Crippen LogP contribution is 2.30. The average molecular weight is 416 g/mol. The van der Waals surface area contributed by atoms with Crippen molar-refractivity contribution in [2.75, 3.05) is 25.3 Å². The van der Waals surface area contributed by atoms with E-state index in [-0.39, 0.29) is 10.7 Å². The minimum absolute atomic E-state index is 0.0473. The summed E-state index contributed by atoms with van der Waals surface area (Å²) >= 11 is 0. The lowest BCUT2D eigenvalue weighted by atomic mass is 10.2. The van der Waals surface area contributed by atoms with Crippen LogP contribution in [0.25, 0.3) is 0 Å². The van der Waals surface area contributed by atoms with Crippen molar-refractivity contribution < 1.29 is 28.0 Å². The highest BCUT2D eigenvalue weighted by molar-refractivity contribution is 7.93. The molecule has 2 amide bonds. The molecule has 0 radical (unpaired) electrons. The molecule has 1 rings (SSSR count). The van der Waals surface area contributed by atoms with Gasteiger partial charge in [-0.25, -0.2) is 23.1 Å². The Morgan fingerprint density at radius 3 is 1.89 bits per heavy atom. The summed E-state index contributed by atoms with van der Waals surface area (Å²) in [5, 5.41) is 0. The first-order valence-corrected chi connectivity index (χ1v) is 10.4. The third kappa shape index (κ3) is 6.36. The normalized spacial score (nSPS) is 13.9. The molecule has 1 aromatic heterocycles. The zero-order valence-corrected chi connectivity index (χ0v) is 18.7. The van der Waals surface area contributed by atoms with E-state index in [1.54, 1.807) is 41.5 Å². The van der Waals surface area contributed by atoms with Crippen LogP contribution in [0.5, 0.6) is 5.75 Å². The largest absolute Gasteiger partial charge is 0.495 e. The van der Waals surface area contributed by atoms with E-state index in [9.17, 15) is 13.8 Å². The fraction of sp³-hybridized carbons (Fsp3) is 0.611. The maximum Gasteiger partial charge on any atom is 0.425 e. The van der Waals surface area contributed by atoms with Gasteiger partial charge in [-0.2, -0.15) is 4.90 Å². The van der Waals surface area contributed by atoms with E-state index in [0.29, 0.717) is 10.6 Å². The van der Waals surface area contributed by atoms with Crippen LogP contribution in [0.4, 0.5) is 15.4 Å². The van der Waals surface area contributed by atoms with Crippen LogP contribution < -0.4 is 9.64 Å². The molecule has 28 heavy (non-hydrogen) atoms. The number of aromatic nitrogens is 1. The molecule has 1 aromatic rings. The summed E-state index contributed by atoms with van der Waals surface area (Å²) in [5.74, 6) is 0.104. The molecule has 10 heteroatoms. The van der Waals surface area contributed by atoms with Gasteiger partial charge in [0, 0.05) is 19.4 Å². The Hall–Kier alpha value is -2.36. The van der Waals surface area contributed by atoms with Crippen molar-refractivity contribution in [2.24, 2.45) is 4.36 Å². The van der Waals surface area contributed by atoms with Gasteiger partial charge in [-0.3, -0.25) is 0 Å². The van der Waals surface area contributed by atoms with Crippen molar-refractivity contribution in [2.45, 2.75) is 57.6 Å². The fourth-order valence-electron chi connectivity index (χ4n) is 1.94. The Balaban J connectivity index is 3.68. The number of methoxy groups -OCH3 is 1. The topological polar surface area (TPSA) is 107 Å². The predicted octanol–water partition coefficient (Wildman–Crippen LogP) is 3.85. The van der Waals surface area contributed by atoms with E-state index in [1.165, 1.54) is 32.7 Å². The zero-order valence-electron chi connectivity index (χ0n) is 17.9.